The van der Waals surface area contributed by atoms with E-state index in [0.717, 1.165) is 0 Å². The van der Waals surface area contributed by atoms with E-state index in [9.17, 15) is 10.1 Å². The van der Waals surface area contributed by atoms with Gasteiger partial charge in [0.15, 0.2) is 17.6 Å². The van der Waals surface area contributed by atoms with Crippen molar-refractivity contribution in [3.8, 4) is 11.5 Å². The lowest BCUT2D eigenvalue weighted by molar-refractivity contribution is -0.385. The van der Waals surface area contributed by atoms with Crippen LogP contribution in [-0.4, -0.2) is 31.4 Å². The van der Waals surface area contributed by atoms with Gasteiger partial charge in [-0.05, 0) is 6.07 Å². The third-order valence-corrected chi connectivity index (χ3v) is 2.21. The molecule has 0 amide bonds. The van der Waals surface area contributed by atoms with Crippen LogP contribution < -0.4 is 9.47 Å². The number of hydrogen-bond donors (Lipinski definition) is 0. The van der Waals surface area contributed by atoms with Crippen molar-refractivity contribution in [3.05, 3.63) is 28.3 Å². The highest BCUT2D eigenvalue weighted by Gasteiger charge is 2.23. The Balaban J connectivity index is 2.21. The molecule has 1 atom stereocenters. The molecule has 1 aliphatic rings. The standard InChI is InChI=1S/C10H11NO5/c1-14-5-8-6-15-9-3-2-7(11(12)13)4-10(9)16-8/h2-4,8H,5-6H2,1H3. The number of methoxy groups -OCH3 is 1. The summed E-state index contributed by atoms with van der Waals surface area (Å²) in [6, 6.07) is 4.28. The summed E-state index contributed by atoms with van der Waals surface area (Å²) < 4.78 is 15.8. The molecule has 0 N–H and O–H groups in total. The van der Waals surface area contributed by atoms with E-state index in [1.54, 1.807) is 7.11 Å². The Morgan fingerprint density at radius 3 is 3.06 bits per heavy atom. The van der Waals surface area contributed by atoms with E-state index in [2.05, 4.69) is 0 Å². The van der Waals surface area contributed by atoms with E-state index in [1.807, 2.05) is 0 Å². The van der Waals surface area contributed by atoms with E-state index in [4.69, 9.17) is 14.2 Å². The van der Waals surface area contributed by atoms with Crippen molar-refractivity contribution in [2.24, 2.45) is 0 Å². The maximum Gasteiger partial charge on any atom is 0.273 e. The number of fused-ring (bicyclic) bond motifs is 1. The number of nitro benzene ring substituents is 1. The maximum absolute atomic E-state index is 10.6. The van der Waals surface area contributed by atoms with Crippen LogP contribution in [0.5, 0.6) is 11.5 Å². The second-order valence-electron chi connectivity index (χ2n) is 3.39. The summed E-state index contributed by atoms with van der Waals surface area (Å²) in [4.78, 5) is 10.1. The molecule has 0 spiro atoms. The Labute approximate surface area is 91.9 Å². The van der Waals surface area contributed by atoms with E-state index < -0.39 is 4.92 Å². The molecule has 0 aromatic heterocycles. The molecule has 1 heterocycles. The largest absolute Gasteiger partial charge is 0.486 e. The molecule has 6 nitrogen and oxygen atoms in total. The molecule has 0 saturated carbocycles. The van der Waals surface area contributed by atoms with Crippen LogP contribution >= 0.6 is 0 Å². The van der Waals surface area contributed by atoms with E-state index >= 15 is 0 Å². The molecular formula is C10H11NO5. The summed E-state index contributed by atoms with van der Waals surface area (Å²) in [5, 5.41) is 10.6. The van der Waals surface area contributed by atoms with Gasteiger partial charge in [0.2, 0.25) is 0 Å². The molecule has 6 heteroatoms. The van der Waals surface area contributed by atoms with Crippen molar-refractivity contribution < 1.29 is 19.1 Å². The molecule has 2 rings (SSSR count). The summed E-state index contributed by atoms with van der Waals surface area (Å²) in [5.41, 5.74) is -0.0135. The van der Waals surface area contributed by atoms with Gasteiger partial charge in [-0.1, -0.05) is 0 Å². The molecule has 16 heavy (non-hydrogen) atoms. The normalized spacial score (nSPS) is 18.2. The number of ether oxygens (including phenoxy) is 3. The molecule has 86 valence electrons. The second kappa shape index (κ2) is 4.36. The summed E-state index contributed by atoms with van der Waals surface area (Å²) in [5.74, 6) is 0.917. The summed E-state index contributed by atoms with van der Waals surface area (Å²) >= 11 is 0. The molecule has 1 aromatic carbocycles. The van der Waals surface area contributed by atoms with Crippen LogP contribution in [0.4, 0.5) is 5.69 Å². The van der Waals surface area contributed by atoms with Gasteiger partial charge in [0.25, 0.3) is 5.69 Å². The number of hydrogen-bond acceptors (Lipinski definition) is 5. The monoisotopic (exact) mass is 225 g/mol. The van der Waals surface area contributed by atoms with Gasteiger partial charge in [0, 0.05) is 13.2 Å². The third-order valence-electron chi connectivity index (χ3n) is 2.21. The first-order valence-electron chi connectivity index (χ1n) is 4.77. The van der Waals surface area contributed by atoms with Gasteiger partial charge in [0.05, 0.1) is 17.6 Å². The Morgan fingerprint density at radius 1 is 1.56 bits per heavy atom. The summed E-state index contributed by atoms with van der Waals surface area (Å²) in [6.45, 7) is 0.779. The number of nitro groups is 1. The highest BCUT2D eigenvalue weighted by molar-refractivity contribution is 5.49. The van der Waals surface area contributed by atoms with Crippen molar-refractivity contribution >= 4 is 5.69 Å². The number of non-ortho nitro benzene ring substituents is 1. The summed E-state index contributed by atoms with van der Waals surface area (Å²) in [6.07, 6.45) is -0.223. The van der Waals surface area contributed by atoms with E-state index in [1.165, 1.54) is 18.2 Å². The first-order valence-corrected chi connectivity index (χ1v) is 4.77. The lowest BCUT2D eigenvalue weighted by atomic mass is 10.2. The van der Waals surface area contributed by atoms with E-state index in [0.29, 0.717) is 24.7 Å². The van der Waals surface area contributed by atoms with Gasteiger partial charge >= 0.3 is 0 Å². The van der Waals surface area contributed by atoms with Crippen molar-refractivity contribution in [3.63, 3.8) is 0 Å². The van der Waals surface area contributed by atoms with Crippen molar-refractivity contribution in [2.45, 2.75) is 6.10 Å². The Bertz CT molecular complexity index is 406. The van der Waals surface area contributed by atoms with Gasteiger partial charge in [0.1, 0.15) is 6.61 Å². The fourth-order valence-electron chi connectivity index (χ4n) is 1.49. The molecular weight excluding hydrogens is 214 g/mol. The molecule has 0 radical (unpaired) electrons. The van der Waals surface area contributed by atoms with E-state index in [-0.39, 0.29) is 11.8 Å². The van der Waals surface area contributed by atoms with Gasteiger partial charge in [-0.25, -0.2) is 0 Å². The molecule has 0 bridgehead atoms. The van der Waals surface area contributed by atoms with Gasteiger partial charge in [-0.15, -0.1) is 0 Å². The fourth-order valence-corrected chi connectivity index (χ4v) is 1.49. The third kappa shape index (κ3) is 2.06. The molecule has 1 unspecified atom stereocenters. The maximum atomic E-state index is 10.6. The predicted molar refractivity (Wildman–Crippen MR) is 54.9 cm³/mol. The lowest BCUT2D eigenvalue weighted by Gasteiger charge is -2.25. The smallest absolute Gasteiger partial charge is 0.273 e. The molecule has 1 aliphatic heterocycles. The van der Waals surface area contributed by atoms with Crippen LogP contribution in [0.25, 0.3) is 0 Å². The van der Waals surface area contributed by atoms with Crippen molar-refractivity contribution in [2.75, 3.05) is 20.3 Å². The Kier molecular flexibility index (Phi) is 2.91. The first kappa shape index (κ1) is 10.7. The molecule has 0 aliphatic carbocycles. The van der Waals surface area contributed by atoms with Crippen LogP contribution in [0.2, 0.25) is 0 Å². The van der Waals surface area contributed by atoms with Crippen LogP contribution in [-0.2, 0) is 4.74 Å². The zero-order valence-corrected chi connectivity index (χ0v) is 8.71. The highest BCUT2D eigenvalue weighted by atomic mass is 16.6. The van der Waals surface area contributed by atoms with Crippen LogP contribution in [0.3, 0.4) is 0 Å². The number of nitrogens with zero attached hydrogens (tertiary/aromatic N) is 1. The van der Waals surface area contributed by atoms with Crippen LogP contribution in [0, 0.1) is 10.1 Å². The predicted octanol–water partition coefficient (Wildman–Crippen LogP) is 1.38. The zero-order valence-electron chi connectivity index (χ0n) is 8.71. The van der Waals surface area contributed by atoms with Crippen molar-refractivity contribution in [1.29, 1.82) is 0 Å². The van der Waals surface area contributed by atoms with Gasteiger partial charge in [-0.2, -0.15) is 0 Å². The average Bonchev–Trinajstić information content (AvgIpc) is 2.28. The SMILES string of the molecule is COCC1COc2ccc([N+](=O)[O-])cc2O1. The van der Waals surface area contributed by atoms with Gasteiger partial charge in [-0.3, -0.25) is 10.1 Å². The minimum Gasteiger partial charge on any atom is -0.486 e. The summed E-state index contributed by atoms with van der Waals surface area (Å²) in [7, 11) is 1.56. The first-order chi connectivity index (χ1) is 7.70. The quantitative estimate of drug-likeness (QED) is 0.574. The van der Waals surface area contributed by atoms with Crippen LogP contribution in [0.1, 0.15) is 0 Å². The zero-order chi connectivity index (χ0) is 11.5. The van der Waals surface area contributed by atoms with Crippen LogP contribution in [0.15, 0.2) is 18.2 Å². The highest BCUT2D eigenvalue weighted by Crippen LogP contribution is 2.34. The fraction of sp³-hybridized carbons (Fsp3) is 0.400. The number of benzene rings is 1. The lowest BCUT2D eigenvalue weighted by Crippen LogP contribution is -2.32. The van der Waals surface area contributed by atoms with Gasteiger partial charge < -0.3 is 14.2 Å². The number of rotatable bonds is 3. The Hall–Kier alpha value is -1.82. The minimum absolute atomic E-state index is 0.0135. The Morgan fingerprint density at radius 2 is 2.38 bits per heavy atom. The average molecular weight is 225 g/mol. The van der Waals surface area contributed by atoms with Crippen molar-refractivity contribution in [1.82, 2.24) is 0 Å². The molecule has 0 saturated heterocycles. The molecule has 0 fully saturated rings. The molecule has 1 aromatic rings. The minimum atomic E-state index is -0.469. The second-order valence-corrected chi connectivity index (χ2v) is 3.39. The topological polar surface area (TPSA) is 70.8 Å².